The Hall–Kier alpha value is -1.52. The third kappa shape index (κ3) is 3.24. The number of carbonyl (C=O) groups is 2. The SMILES string of the molecule is C=C(C)CN(CC)C(=O)NC1(C(=O)O)CCCC1. The fourth-order valence-corrected chi connectivity index (χ4v) is 2.31. The van der Waals surface area contributed by atoms with Crippen molar-refractivity contribution in [3.63, 3.8) is 0 Å². The van der Waals surface area contributed by atoms with E-state index in [0.29, 0.717) is 25.9 Å². The molecule has 0 aliphatic heterocycles. The Bertz CT molecular complexity index is 346. The van der Waals surface area contributed by atoms with Gasteiger partial charge in [0.25, 0.3) is 0 Å². The number of hydrogen-bond donors (Lipinski definition) is 2. The maximum atomic E-state index is 12.1. The zero-order valence-corrected chi connectivity index (χ0v) is 11.2. The Morgan fingerprint density at radius 3 is 2.33 bits per heavy atom. The first-order valence-electron chi connectivity index (χ1n) is 6.36. The first-order chi connectivity index (χ1) is 8.41. The Balaban J connectivity index is 2.71. The summed E-state index contributed by atoms with van der Waals surface area (Å²) < 4.78 is 0. The Morgan fingerprint density at radius 2 is 1.94 bits per heavy atom. The van der Waals surface area contributed by atoms with Gasteiger partial charge in [-0.15, -0.1) is 0 Å². The monoisotopic (exact) mass is 254 g/mol. The molecule has 0 aromatic heterocycles. The number of urea groups is 1. The van der Waals surface area contributed by atoms with E-state index in [1.54, 1.807) is 4.90 Å². The van der Waals surface area contributed by atoms with Crippen molar-refractivity contribution in [3.05, 3.63) is 12.2 Å². The molecule has 102 valence electrons. The largest absolute Gasteiger partial charge is 0.480 e. The second-order valence-electron chi connectivity index (χ2n) is 5.00. The maximum Gasteiger partial charge on any atom is 0.329 e. The van der Waals surface area contributed by atoms with Gasteiger partial charge in [0, 0.05) is 13.1 Å². The zero-order chi connectivity index (χ0) is 13.8. The van der Waals surface area contributed by atoms with Gasteiger partial charge in [0.1, 0.15) is 5.54 Å². The van der Waals surface area contributed by atoms with Gasteiger partial charge in [0.15, 0.2) is 0 Å². The lowest BCUT2D eigenvalue weighted by Gasteiger charge is -2.30. The van der Waals surface area contributed by atoms with Gasteiger partial charge in [-0.05, 0) is 26.7 Å². The number of rotatable bonds is 5. The quantitative estimate of drug-likeness (QED) is 0.737. The van der Waals surface area contributed by atoms with E-state index in [-0.39, 0.29) is 6.03 Å². The molecule has 2 N–H and O–H groups in total. The summed E-state index contributed by atoms with van der Waals surface area (Å²) in [5.74, 6) is -0.931. The van der Waals surface area contributed by atoms with E-state index in [9.17, 15) is 14.7 Å². The van der Waals surface area contributed by atoms with Crippen molar-refractivity contribution in [1.29, 1.82) is 0 Å². The first-order valence-corrected chi connectivity index (χ1v) is 6.36. The molecule has 5 heteroatoms. The molecule has 2 amide bonds. The summed E-state index contributed by atoms with van der Waals surface area (Å²) in [4.78, 5) is 25.0. The Labute approximate surface area is 108 Å². The van der Waals surface area contributed by atoms with Crippen LogP contribution in [0.1, 0.15) is 39.5 Å². The highest BCUT2D eigenvalue weighted by molar-refractivity contribution is 5.86. The van der Waals surface area contributed by atoms with Gasteiger partial charge in [0.2, 0.25) is 0 Å². The lowest BCUT2D eigenvalue weighted by molar-refractivity contribution is -0.144. The zero-order valence-electron chi connectivity index (χ0n) is 11.2. The predicted octanol–water partition coefficient (Wildman–Crippen LogP) is 1.99. The molecule has 1 rings (SSSR count). The summed E-state index contributed by atoms with van der Waals surface area (Å²) in [6, 6.07) is -0.315. The normalized spacial score (nSPS) is 17.2. The summed E-state index contributed by atoms with van der Waals surface area (Å²) in [5, 5.41) is 12.0. The smallest absolute Gasteiger partial charge is 0.329 e. The van der Waals surface area contributed by atoms with Crippen LogP contribution in [0.3, 0.4) is 0 Å². The fourth-order valence-electron chi connectivity index (χ4n) is 2.31. The van der Waals surface area contributed by atoms with Crippen molar-refractivity contribution < 1.29 is 14.7 Å². The van der Waals surface area contributed by atoms with Crippen LogP contribution in [0.5, 0.6) is 0 Å². The minimum Gasteiger partial charge on any atom is -0.480 e. The molecule has 0 aromatic carbocycles. The van der Waals surface area contributed by atoms with Crippen LogP contribution in [0.4, 0.5) is 4.79 Å². The molecule has 0 heterocycles. The minimum absolute atomic E-state index is 0.315. The van der Waals surface area contributed by atoms with Crippen LogP contribution in [-0.4, -0.2) is 40.6 Å². The second-order valence-corrected chi connectivity index (χ2v) is 5.00. The topological polar surface area (TPSA) is 69.6 Å². The number of nitrogens with one attached hydrogen (secondary N) is 1. The lowest BCUT2D eigenvalue weighted by Crippen LogP contribution is -2.56. The second kappa shape index (κ2) is 5.89. The summed E-state index contributed by atoms with van der Waals surface area (Å²) >= 11 is 0. The van der Waals surface area contributed by atoms with Crippen molar-refractivity contribution in [1.82, 2.24) is 10.2 Å². The lowest BCUT2D eigenvalue weighted by atomic mass is 9.98. The van der Waals surface area contributed by atoms with Gasteiger partial charge in [-0.2, -0.15) is 0 Å². The molecule has 5 nitrogen and oxygen atoms in total. The molecule has 1 fully saturated rings. The summed E-state index contributed by atoms with van der Waals surface area (Å²) in [7, 11) is 0. The molecular formula is C13H22N2O3. The van der Waals surface area contributed by atoms with E-state index in [1.165, 1.54) is 0 Å². The first kappa shape index (κ1) is 14.5. The van der Waals surface area contributed by atoms with Crippen molar-refractivity contribution in [3.8, 4) is 0 Å². The molecule has 0 bridgehead atoms. The molecule has 18 heavy (non-hydrogen) atoms. The van der Waals surface area contributed by atoms with Crippen molar-refractivity contribution in [2.75, 3.05) is 13.1 Å². The third-order valence-electron chi connectivity index (χ3n) is 3.34. The molecule has 0 saturated heterocycles. The molecule has 0 atom stereocenters. The molecule has 0 radical (unpaired) electrons. The number of carboxylic acid groups (broad SMARTS) is 1. The number of carboxylic acids is 1. The van der Waals surface area contributed by atoms with E-state index in [2.05, 4.69) is 11.9 Å². The molecule has 0 spiro atoms. The number of likely N-dealkylation sites (N-methyl/N-ethyl adjacent to an activating group) is 1. The molecular weight excluding hydrogens is 232 g/mol. The molecule has 1 saturated carbocycles. The van der Waals surface area contributed by atoms with Crippen LogP contribution in [-0.2, 0) is 4.79 Å². The molecule has 1 aliphatic carbocycles. The highest BCUT2D eigenvalue weighted by atomic mass is 16.4. The van der Waals surface area contributed by atoms with Crippen LogP contribution in [0, 0.1) is 0 Å². The van der Waals surface area contributed by atoms with Crippen LogP contribution < -0.4 is 5.32 Å². The van der Waals surface area contributed by atoms with Gasteiger partial charge in [0.05, 0.1) is 0 Å². The highest BCUT2D eigenvalue weighted by Crippen LogP contribution is 2.30. The Morgan fingerprint density at radius 1 is 1.39 bits per heavy atom. The van der Waals surface area contributed by atoms with Crippen molar-refractivity contribution in [2.24, 2.45) is 0 Å². The van der Waals surface area contributed by atoms with E-state index in [0.717, 1.165) is 18.4 Å². The van der Waals surface area contributed by atoms with E-state index in [1.807, 2.05) is 13.8 Å². The molecule has 1 aliphatic rings. The van der Waals surface area contributed by atoms with Crippen molar-refractivity contribution in [2.45, 2.75) is 45.1 Å². The van der Waals surface area contributed by atoms with Gasteiger partial charge >= 0.3 is 12.0 Å². The summed E-state index contributed by atoms with van der Waals surface area (Å²) in [6.07, 6.45) is 2.72. The standard InChI is InChI=1S/C13H22N2O3/c1-4-15(9-10(2)3)12(18)14-13(11(16)17)7-5-6-8-13/h2,4-9H2,1,3H3,(H,14,18)(H,16,17). The minimum atomic E-state index is -1.07. The fraction of sp³-hybridized carbons (Fsp3) is 0.692. The highest BCUT2D eigenvalue weighted by Gasteiger charge is 2.43. The summed E-state index contributed by atoms with van der Waals surface area (Å²) in [5.41, 5.74) is -0.192. The molecule has 0 aromatic rings. The molecule has 0 unspecified atom stereocenters. The van der Waals surface area contributed by atoms with Gasteiger partial charge in [-0.3, -0.25) is 0 Å². The van der Waals surface area contributed by atoms with Crippen LogP contribution in [0.25, 0.3) is 0 Å². The number of nitrogens with zero attached hydrogens (tertiary/aromatic N) is 1. The average Bonchev–Trinajstić information content (AvgIpc) is 2.75. The van der Waals surface area contributed by atoms with E-state index >= 15 is 0 Å². The number of carbonyl (C=O) groups excluding carboxylic acids is 1. The number of amides is 2. The maximum absolute atomic E-state index is 12.1. The van der Waals surface area contributed by atoms with Crippen LogP contribution >= 0.6 is 0 Å². The van der Waals surface area contributed by atoms with Gasteiger partial charge in [-0.1, -0.05) is 25.0 Å². The predicted molar refractivity (Wildman–Crippen MR) is 69.4 cm³/mol. The third-order valence-corrected chi connectivity index (χ3v) is 3.34. The van der Waals surface area contributed by atoms with E-state index < -0.39 is 11.5 Å². The Kier molecular flexibility index (Phi) is 4.76. The number of aliphatic carboxylic acids is 1. The van der Waals surface area contributed by atoms with Gasteiger partial charge < -0.3 is 15.3 Å². The van der Waals surface area contributed by atoms with Crippen molar-refractivity contribution >= 4 is 12.0 Å². The van der Waals surface area contributed by atoms with Crippen LogP contribution in [0.2, 0.25) is 0 Å². The average molecular weight is 254 g/mol. The van der Waals surface area contributed by atoms with Crippen LogP contribution in [0.15, 0.2) is 12.2 Å². The van der Waals surface area contributed by atoms with E-state index in [4.69, 9.17) is 0 Å². The van der Waals surface area contributed by atoms with Gasteiger partial charge in [-0.25, -0.2) is 9.59 Å². The summed E-state index contributed by atoms with van der Waals surface area (Å²) in [6.45, 7) is 8.48. The number of hydrogen-bond acceptors (Lipinski definition) is 2.